The second-order valence-electron chi connectivity index (χ2n) is 4.70. The van der Waals surface area contributed by atoms with Crippen LogP contribution in [0, 0.1) is 5.82 Å². The van der Waals surface area contributed by atoms with Gasteiger partial charge in [0.15, 0.2) is 0 Å². The maximum Gasteiger partial charge on any atom is 0.251 e. The van der Waals surface area contributed by atoms with Crippen LogP contribution in [-0.2, 0) is 6.42 Å². The Kier molecular flexibility index (Phi) is 5.55. The lowest BCUT2D eigenvalue weighted by Gasteiger charge is -2.07. The van der Waals surface area contributed by atoms with Crippen molar-refractivity contribution in [3.63, 3.8) is 0 Å². The van der Waals surface area contributed by atoms with E-state index in [2.05, 4.69) is 15.3 Å². The summed E-state index contributed by atoms with van der Waals surface area (Å²) in [4.78, 5) is 14.6. The summed E-state index contributed by atoms with van der Waals surface area (Å²) in [5.74, 6) is -0.181. The van der Waals surface area contributed by atoms with E-state index in [1.54, 1.807) is 36.4 Å². The lowest BCUT2D eigenvalue weighted by Crippen LogP contribution is -2.25. The van der Waals surface area contributed by atoms with Gasteiger partial charge in [-0.15, -0.1) is 0 Å². The van der Waals surface area contributed by atoms with Gasteiger partial charge in [0, 0.05) is 28.8 Å². The molecule has 2 aromatic rings. The number of azide groups is 1. The average Bonchev–Trinajstić information content (AvgIpc) is 2.57. The van der Waals surface area contributed by atoms with Crippen LogP contribution >= 0.6 is 0 Å². The Morgan fingerprint density at radius 2 is 2.04 bits per heavy atom. The Morgan fingerprint density at radius 3 is 2.65 bits per heavy atom. The fraction of sp³-hybridized carbons (Fsp3) is 0.188. The van der Waals surface area contributed by atoms with Gasteiger partial charge >= 0.3 is 0 Å². The topological polar surface area (TPSA) is 87.1 Å². The standard InChI is InChI=1S/C16H15FN4O2/c1-23-14-7-4-11(15(17)10-14)8-9-19-16(22)12-2-5-13(6-3-12)20-21-18/h2-7,10H,8-9H2,1H3,(H,19,22). The summed E-state index contributed by atoms with van der Waals surface area (Å²) in [6.07, 6.45) is 0.373. The van der Waals surface area contributed by atoms with Crippen molar-refractivity contribution in [1.29, 1.82) is 0 Å². The van der Waals surface area contributed by atoms with Gasteiger partial charge in [0.05, 0.1) is 7.11 Å². The smallest absolute Gasteiger partial charge is 0.251 e. The van der Waals surface area contributed by atoms with E-state index in [1.165, 1.54) is 13.2 Å². The average molecular weight is 314 g/mol. The number of nitrogens with zero attached hydrogens (tertiary/aromatic N) is 3. The van der Waals surface area contributed by atoms with Gasteiger partial charge in [-0.05, 0) is 35.7 Å². The Hall–Kier alpha value is -3.05. The van der Waals surface area contributed by atoms with Crippen LogP contribution < -0.4 is 10.1 Å². The van der Waals surface area contributed by atoms with Gasteiger partial charge in [-0.25, -0.2) is 4.39 Å². The lowest BCUT2D eigenvalue weighted by molar-refractivity contribution is 0.0954. The van der Waals surface area contributed by atoms with Gasteiger partial charge in [-0.2, -0.15) is 0 Å². The molecule has 0 bridgehead atoms. The molecule has 2 rings (SSSR count). The van der Waals surface area contributed by atoms with E-state index in [0.717, 1.165) is 0 Å². The molecule has 0 aliphatic carbocycles. The first-order valence-electron chi connectivity index (χ1n) is 6.90. The Balaban J connectivity index is 1.90. The molecule has 1 amide bonds. The normalized spacial score (nSPS) is 9.83. The minimum Gasteiger partial charge on any atom is -0.497 e. The largest absolute Gasteiger partial charge is 0.497 e. The minimum absolute atomic E-state index is 0.272. The number of methoxy groups -OCH3 is 1. The first-order chi connectivity index (χ1) is 11.1. The molecule has 0 fully saturated rings. The molecule has 0 radical (unpaired) electrons. The lowest BCUT2D eigenvalue weighted by atomic mass is 10.1. The molecule has 0 spiro atoms. The molecule has 7 heteroatoms. The third-order valence-corrected chi connectivity index (χ3v) is 3.23. The van der Waals surface area contributed by atoms with E-state index in [4.69, 9.17) is 10.3 Å². The van der Waals surface area contributed by atoms with Gasteiger partial charge in [-0.1, -0.05) is 23.3 Å². The summed E-state index contributed by atoms with van der Waals surface area (Å²) in [7, 11) is 1.47. The highest BCUT2D eigenvalue weighted by Crippen LogP contribution is 2.16. The van der Waals surface area contributed by atoms with Crippen LogP contribution in [0.3, 0.4) is 0 Å². The zero-order chi connectivity index (χ0) is 16.7. The predicted octanol–water partition coefficient (Wildman–Crippen LogP) is 3.75. The second kappa shape index (κ2) is 7.82. The van der Waals surface area contributed by atoms with Gasteiger partial charge in [0.1, 0.15) is 11.6 Å². The molecule has 6 nitrogen and oxygen atoms in total. The first-order valence-corrected chi connectivity index (χ1v) is 6.90. The van der Waals surface area contributed by atoms with E-state index < -0.39 is 0 Å². The van der Waals surface area contributed by atoms with E-state index >= 15 is 0 Å². The van der Waals surface area contributed by atoms with Crippen molar-refractivity contribution in [2.45, 2.75) is 6.42 Å². The molecular formula is C16H15FN4O2. The number of benzene rings is 2. The third-order valence-electron chi connectivity index (χ3n) is 3.23. The summed E-state index contributed by atoms with van der Waals surface area (Å²) in [5.41, 5.74) is 9.70. The Bertz CT molecular complexity index is 740. The third kappa shape index (κ3) is 4.46. The molecule has 0 saturated carbocycles. The maximum atomic E-state index is 13.8. The Morgan fingerprint density at radius 1 is 1.30 bits per heavy atom. The highest BCUT2D eigenvalue weighted by Gasteiger charge is 2.07. The Labute approximate surface area is 132 Å². The number of carbonyl (C=O) groups excluding carboxylic acids is 1. The van der Waals surface area contributed by atoms with Gasteiger partial charge in [0.25, 0.3) is 5.91 Å². The number of nitrogens with one attached hydrogen (secondary N) is 1. The van der Waals surface area contributed by atoms with Crippen LogP contribution in [0.1, 0.15) is 15.9 Å². The molecule has 0 aliphatic heterocycles. The van der Waals surface area contributed by atoms with Crippen molar-refractivity contribution in [3.05, 3.63) is 69.9 Å². The van der Waals surface area contributed by atoms with Gasteiger partial charge < -0.3 is 10.1 Å². The summed E-state index contributed by atoms with van der Waals surface area (Å²) in [6, 6.07) is 10.9. The van der Waals surface area contributed by atoms with Crippen molar-refractivity contribution < 1.29 is 13.9 Å². The van der Waals surface area contributed by atoms with Crippen LogP contribution in [0.4, 0.5) is 10.1 Å². The number of halogens is 1. The molecule has 0 unspecified atom stereocenters. The zero-order valence-electron chi connectivity index (χ0n) is 12.5. The summed E-state index contributed by atoms with van der Waals surface area (Å²) >= 11 is 0. The monoisotopic (exact) mass is 314 g/mol. The molecular weight excluding hydrogens is 299 g/mol. The van der Waals surface area contributed by atoms with Crippen LogP contribution in [0.2, 0.25) is 0 Å². The summed E-state index contributed by atoms with van der Waals surface area (Å²) in [5, 5.41) is 6.14. The number of hydrogen-bond acceptors (Lipinski definition) is 3. The number of ether oxygens (including phenoxy) is 1. The van der Waals surface area contributed by atoms with E-state index in [-0.39, 0.29) is 11.7 Å². The van der Waals surface area contributed by atoms with Crippen LogP contribution in [0.5, 0.6) is 5.75 Å². The van der Waals surface area contributed by atoms with Crippen molar-refractivity contribution in [2.24, 2.45) is 5.11 Å². The number of rotatable bonds is 6. The van der Waals surface area contributed by atoms with Crippen molar-refractivity contribution in [1.82, 2.24) is 5.32 Å². The molecule has 23 heavy (non-hydrogen) atoms. The molecule has 0 heterocycles. The molecule has 0 aliphatic rings. The van der Waals surface area contributed by atoms with Gasteiger partial charge in [0.2, 0.25) is 0 Å². The molecule has 0 aromatic heterocycles. The van der Waals surface area contributed by atoms with Crippen LogP contribution in [0.25, 0.3) is 10.4 Å². The highest BCUT2D eigenvalue weighted by atomic mass is 19.1. The van der Waals surface area contributed by atoms with Crippen LogP contribution in [-0.4, -0.2) is 19.6 Å². The molecule has 0 atom stereocenters. The van der Waals surface area contributed by atoms with E-state index in [9.17, 15) is 9.18 Å². The molecule has 1 N–H and O–H groups in total. The van der Waals surface area contributed by atoms with Crippen molar-refractivity contribution >= 4 is 11.6 Å². The first kappa shape index (κ1) is 16.3. The number of hydrogen-bond donors (Lipinski definition) is 1. The SMILES string of the molecule is COc1ccc(CCNC(=O)c2ccc(N=[N+]=[N-])cc2)c(F)c1. The van der Waals surface area contributed by atoms with Gasteiger partial charge in [-0.3, -0.25) is 4.79 Å². The fourth-order valence-corrected chi connectivity index (χ4v) is 2.00. The summed E-state index contributed by atoms with van der Waals surface area (Å²) < 4.78 is 18.7. The fourth-order valence-electron chi connectivity index (χ4n) is 2.00. The van der Waals surface area contributed by atoms with Crippen LogP contribution in [0.15, 0.2) is 47.6 Å². The molecule has 0 saturated heterocycles. The number of carbonyl (C=O) groups is 1. The highest BCUT2D eigenvalue weighted by molar-refractivity contribution is 5.94. The quantitative estimate of drug-likeness (QED) is 0.500. The van der Waals surface area contributed by atoms with E-state index in [1.807, 2.05) is 0 Å². The maximum absolute atomic E-state index is 13.8. The predicted molar refractivity (Wildman–Crippen MR) is 84.2 cm³/mol. The summed E-state index contributed by atoms with van der Waals surface area (Å²) in [6.45, 7) is 0.306. The molecule has 118 valence electrons. The van der Waals surface area contributed by atoms with Crippen molar-refractivity contribution in [2.75, 3.05) is 13.7 Å². The second-order valence-corrected chi connectivity index (χ2v) is 4.70. The molecule has 2 aromatic carbocycles. The minimum atomic E-state index is -0.364. The number of amides is 1. The van der Waals surface area contributed by atoms with E-state index in [0.29, 0.717) is 35.5 Å². The zero-order valence-corrected chi connectivity index (χ0v) is 12.5. The van der Waals surface area contributed by atoms with Crippen molar-refractivity contribution in [3.8, 4) is 5.75 Å².